The van der Waals surface area contributed by atoms with Gasteiger partial charge in [0.25, 0.3) is 0 Å². The van der Waals surface area contributed by atoms with Gasteiger partial charge >= 0.3 is 18.3 Å². The molecule has 1 unspecified atom stereocenters. The summed E-state index contributed by atoms with van der Waals surface area (Å²) >= 11 is 0. The zero-order valence-electron chi connectivity index (χ0n) is 22.1. The van der Waals surface area contributed by atoms with Gasteiger partial charge in [-0.2, -0.15) is 26.3 Å². The summed E-state index contributed by atoms with van der Waals surface area (Å²) < 4.78 is 78.1. The van der Waals surface area contributed by atoms with E-state index in [1.54, 1.807) is 6.07 Å². The van der Waals surface area contributed by atoms with Gasteiger partial charge in [-0.15, -0.1) is 0 Å². The molecule has 1 atom stereocenters. The molecule has 0 aliphatic carbocycles. The van der Waals surface area contributed by atoms with Gasteiger partial charge in [0.05, 0.1) is 17.0 Å². The van der Waals surface area contributed by atoms with Crippen LogP contribution in [0.15, 0.2) is 66.7 Å². The zero-order chi connectivity index (χ0) is 29.2. The third kappa shape index (κ3) is 6.89. The molecule has 214 valence electrons. The van der Waals surface area contributed by atoms with E-state index in [-0.39, 0.29) is 5.92 Å². The number of piperazine rings is 1. The minimum atomic E-state index is -4.47. The second-order valence-corrected chi connectivity index (χ2v) is 10.4. The van der Waals surface area contributed by atoms with Crippen molar-refractivity contribution in [2.45, 2.75) is 38.5 Å². The van der Waals surface area contributed by atoms with Crippen molar-refractivity contribution in [3.8, 4) is 11.1 Å². The minimum absolute atomic E-state index is 0.103. The van der Waals surface area contributed by atoms with Crippen LogP contribution in [-0.2, 0) is 17.1 Å². The summed E-state index contributed by atoms with van der Waals surface area (Å²) in [5.41, 5.74) is 1.66. The van der Waals surface area contributed by atoms with Gasteiger partial charge in [-0.05, 0) is 77.6 Å². The van der Waals surface area contributed by atoms with E-state index in [4.69, 9.17) is 0 Å². The van der Waals surface area contributed by atoms with E-state index < -0.39 is 35.4 Å². The van der Waals surface area contributed by atoms with Gasteiger partial charge < -0.3 is 14.9 Å². The van der Waals surface area contributed by atoms with Gasteiger partial charge in [-0.1, -0.05) is 32.0 Å². The third-order valence-electron chi connectivity index (χ3n) is 7.10. The SMILES string of the molecule is CC(C)CC(C(=O)O)c1cc(-c2ccc(C(F)(F)F)cc2)cc(N2CCN(c3ccc(C(F)(F)F)cc3)CC2)c1. The number of hydrogen-bond acceptors (Lipinski definition) is 3. The largest absolute Gasteiger partial charge is 0.481 e. The highest BCUT2D eigenvalue weighted by molar-refractivity contribution is 5.79. The molecule has 1 saturated heterocycles. The molecule has 4 nitrogen and oxygen atoms in total. The molecule has 1 fully saturated rings. The number of carbonyl (C=O) groups is 1. The first-order valence-electron chi connectivity index (χ1n) is 12.9. The topological polar surface area (TPSA) is 43.8 Å². The molecule has 3 aromatic carbocycles. The molecule has 1 N–H and O–H groups in total. The Hall–Kier alpha value is -3.69. The molecule has 0 spiro atoms. The highest BCUT2D eigenvalue weighted by Crippen LogP contribution is 2.36. The maximum absolute atomic E-state index is 13.1. The standard InChI is InChI=1S/C30H30F6N2O2/c1-19(2)15-27(28(39)40)22-16-21(20-3-5-23(6-4-20)29(31,32)33)17-26(18-22)38-13-11-37(12-14-38)25-9-7-24(8-10-25)30(34,35)36/h3-10,16-19,27H,11-15H2,1-2H3,(H,39,40). The monoisotopic (exact) mass is 564 g/mol. The lowest BCUT2D eigenvalue weighted by atomic mass is 9.88. The lowest BCUT2D eigenvalue weighted by Crippen LogP contribution is -2.46. The second-order valence-electron chi connectivity index (χ2n) is 10.4. The molecule has 1 aliphatic rings. The maximum Gasteiger partial charge on any atom is 0.416 e. The molecule has 1 heterocycles. The first-order valence-corrected chi connectivity index (χ1v) is 12.9. The van der Waals surface area contributed by atoms with Gasteiger partial charge in [0, 0.05) is 37.6 Å². The molecule has 0 radical (unpaired) electrons. The molecular weight excluding hydrogens is 534 g/mol. The normalized spacial score (nSPS) is 15.4. The van der Waals surface area contributed by atoms with Crippen LogP contribution in [0.4, 0.5) is 37.7 Å². The van der Waals surface area contributed by atoms with Crippen LogP contribution in [0.1, 0.15) is 42.9 Å². The van der Waals surface area contributed by atoms with Crippen LogP contribution in [0.3, 0.4) is 0 Å². The van der Waals surface area contributed by atoms with Crippen molar-refractivity contribution in [2.75, 3.05) is 36.0 Å². The van der Waals surface area contributed by atoms with Crippen molar-refractivity contribution in [3.05, 3.63) is 83.4 Å². The summed E-state index contributed by atoms with van der Waals surface area (Å²) in [6.45, 7) is 5.96. The first-order chi connectivity index (χ1) is 18.7. The summed E-state index contributed by atoms with van der Waals surface area (Å²) in [5.74, 6) is -1.66. The van der Waals surface area contributed by atoms with Crippen LogP contribution >= 0.6 is 0 Å². The molecule has 1 aliphatic heterocycles. The summed E-state index contributed by atoms with van der Waals surface area (Å²) in [6, 6.07) is 15.2. The van der Waals surface area contributed by atoms with E-state index in [1.165, 1.54) is 24.3 Å². The van der Waals surface area contributed by atoms with Crippen molar-refractivity contribution in [2.24, 2.45) is 5.92 Å². The number of halogens is 6. The van der Waals surface area contributed by atoms with E-state index in [0.717, 1.165) is 30.0 Å². The lowest BCUT2D eigenvalue weighted by Gasteiger charge is -2.38. The van der Waals surface area contributed by atoms with E-state index in [1.807, 2.05) is 30.9 Å². The number of aliphatic carboxylic acids is 1. The molecule has 10 heteroatoms. The summed E-state index contributed by atoms with van der Waals surface area (Å²) in [7, 11) is 0. The number of carboxylic acids is 1. The molecule has 3 aromatic rings. The van der Waals surface area contributed by atoms with Crippen LogP contribution in [0, 0.1) is 5.92 Å². The number of carboxylic acid groups (broad SMARTS) is 1. The van der Waals surface area contributed by atoms with Crippen LogP contribution < -0.4 is 9.80 Å². The lowest BCUT2D eigenvalue weighted by molar-refractivity contribution is -0.139. The molecule has 0 saturated carbocycles. The highest BCUT2D eigenvalue weighted by Gasteiger charge is 2.31. The predicted molar refractivity (Wildman–Crippen MR) is 143 cm³/mol. The summed E-state index contributed by atoms with van der Waals surface area (Å²) in [4.78, 5) is 16.2. The summed E-state index contributed by atoms with van der Waals surface area (Å²) in [6.07, 6.45) is -8.48. The van der Waals surface area contributed by atoms with Gasteiger partial charge in [0.15, 0.2) is 0 Å². The summed E-state index contributed by atoms with van der Waals surface area (Å²) in [5, 5.41) is 9.98. The third-order valence-corrected chi connectivity index (χ3v) is 7.10. The van der Waals surface area contributed by atoms with Crippen LogP contribution in [0.5, 0.6) is 0 Å². The average Bonchev–Trinajstić information content (AvgIpc) is 2.90. The fourth-order valence-electron chi connectivity index (χ4n) is 4.97. The van der Waals surface area contributed by atoms with Gasteiger partial charge in [0.1, 0.15) is 0 Å². The van der Waals surface area contributed by atoms with E-state index in [2.05, 4.69) is 4.90 Å². The van der Waals surface area contributed by atoms with Crippen molar-refractivity contribution in [3.63, 3.8) is 0 Å². The number of alkyl halides is 6. The Morgan fingerprint density at radius 1 is 0.725 bits per heavy atom. The van der Waals surface area contributed by atoms with Gasteiger partial charge in [-0.25, -0.2) is 0 Å². The highest BCUT2D eigenvalue weighted by atomic mass is 19.4. The van der Waals surface area contributed by atoms with Crippen LogP contribution in [0.25, 0.3) is 11.1 Å². The number of rotatable bonds is 7. The van der Waals surface area contributed by atoms with Crippen molar-refractivity contribution >= 4 is 17.3 Å². The fraction of sp³-hybridized carbons (Fsp3) is 0.367. The molecule has 0 aromatic heterocycles. The first kappa shape index (κ1) is 29.3. The number of hydrogen-bond donors (Lipinski definition) is 1. The van der Waals surface area contributed by atoms with Gasteiger partial charge in [-0.3, -0.25) is 4.79 Å². The number of nitrogens with zero attached hydrogens (tertiary/aromatic N) is 2. The van der Waals surface area contributed by atoms with Crippen LogP contribution in [-0.4, -0.2) is 37.3 Å². The Balaban J connectivity index is 1.62. The maximum atomic E-state index is 13.1. The Bertz CT molecular complexity index is 1310. The Labute approximate surface area is 228 Å². The van der Waals surface area contributed by atoms with E-state index in [0.29, 0.717) is 55.0 Å². The molecule has 40 heavy (non-hydrogen) atoms. The minimum Gasteiger partial charge on any atom is -0.481 e. The van der Waals surface area contributed by atoms with Crippen LogP contribution in [0.2, 0.25) is 0 Å². The average molecular weight is 565 g/mol. The number of benzene rings is 3. The molecule has 0 bridgehead atoms. The predicted octanol–water partition coefficient (Wildman–Crippen LogP) is 7.93. The number of anilines is 2. The molecule has 0 amide bonds. The van der Waals surface area contributed by atoms with Crippen molar-refractivity contribution in [1.29, 1.82) is 0 Å². The fourth-order valence-corrected chi connectivity index (χ4v) is 4.97. The Kier molecular flexibility index (Phi) is 8.37. The van der Waals surface area contributed by atoms with Crippen molar-refractivity contribution < 1.29 is 36.2 Å². The molecular formula is C30H30F6N2O2. The second kappa shape index (κ2) is 11.4. The Morgan fingerprint density at radius 3 is 1.65 bits per heavy atom. The smallest absolute Gasteiger partial charge is 0.416 e. The van der Waals surface area contributed by atoms with Crippen molar-refractivity contribution in [1.82, 2.24) is 0 Å². The van der Waals surface area contributed by atoms with Gasteiger partial charge in [0.2, 0.25) is 0 Å². The molecule has 4 rings (SSSR count). The zero-order valence-corrected chi connectivity index (χ0v) is 22.1. The van der Waals surface area contributed by atoms with E-state index >= 15 is 0 Å². The quantitative estimate of drug-likeness (QED) is 0.296. The van der Waals surface area contributed by atoms with E-state index in [9.17, 15) is 36.2 Å². The Morgan fingerprint density at radius 2 is 1.20 bits per heavy atom.